The summed E-state index contributed by atoms with van der Waals surface area (Å²) in [6.45, 7) is 3.51. The van der Waals surface area contributed by atoms with Crippen molar-refractivity contribution in [3.63, 3.8) is 0 Å². The highest BCUT2D eigenvalue weighted by Crippen LogP contribution is 2.22. The number of benzene rings is 2. The van der Waals surface area contributed by atoms with E-state index in [4.69, 9.17) is 9.47 Å². The molecule has 0 saturated heterocycles. The van der Waals surface area contributed by atoms with Gasteiger partial charge in [0.25, 0.3) is 0 Å². The smallest absolute Gasteiger partial charge is 0.245 e. The van der Waals surface area contributed by atoms with E-state index in [1.165, 1.54) is 7.11 Å². The number of rotatable bonds is 8. The average Bonchev–Trinajstić information content (AvgIpc) is 2.60. The number of hydrogen-bond acceptors (Lipinski definition) is 5. The van der Waals surface area contributed by atoms with Crippen molar-refractivity contribution >= 4 is 27.3 Å². The molecule has 0 aliphatic carbocycles. The lowest BCUT2D eigenvalue weighted by Gasteiger charge is -2.22. The topological polar surface area (TPSA) is 84.9 Å². The highest BCUT2D eigenvalue weighted by molar-refractivity contribution is 7.92. The fraction of sp³-hybridized carbons (Fsp3) is 0.316. The lowest BCUT2D eigenvalue weighted by molar-refractivity contribution is -0.114. The van der Waals surface area contributed by atoms with Crippen LogP contribution < -0.4 is 19.1 Å². The van der Waals surface area contributed by atoms with Crippen molar-refractivity contribution in [2.45, 2.75) is 20.0 Å². The van der Waals surface area contributed by atoms with Gasteiger partial charge in [0, 0.05) is 5.69 Å². The number of ether oxygens (including phenoxy) is 2. The third-order valence-corrected chi connectivity index (χ3v) is 4.70. The molecule has 0 radical (unpaired) electrons. The first-order valence-electron chi connectivity index (χ1n) is 8.37. The largest absolute Gasteiger partial charge is 0.497 e. The first-order valence-corrected chi connectivity index (χ1v) is 10.2. The fourth-order valence-electron chi connectivity index (χ4n) is 2.37. The van der Waals surface area contributed by atoms with Crippen LogP contribution in [0.25, 0.3) is 0 Å². The second kappa shape index (κ2) is 8.77. The van der Waals surface area contributed by atoms with Gasteiger partial charge < -0.3 is 14.8 Å². The summed E-state index contributed by atoms with van der Waals surface area (Å²) in [5, 5.41) is 2.69. The quantitative estimate of drug-likeness (QED) is 0.747. The molecular formula is C19H24N2O5S. The van der Waals surface area contributed by atoms with E-state index >= 15 is 0 Å². The zero-order chi connectivity index (χ0) is 20.0. The van der Waals surface area contributed by atoms with Crippen molar-refractivity contribution in [2.75, 3.05) is 29.5 Å². The predicted molar refractivity (Wildman–Crippen MR) is 106 cm³/mol. The molecule has 2 aromatic carbocycles. The van der Waals surface area contributed by atoms with E-state index in [1.54, 1.807) is 48.5 Å². The highest BCUT2D eigenvalue weighted by Gasteiger charge is 2.21. The van der Waals surface area contributed by atoms with Gasteiger partial charge in [-0.25, -0.2) is 8.42 Å². The normalized spacial score (nSPS) is 11.1. The van der Waals surface area contributed by atoms with Crippen molar-refractivity contribution in [3.8, 4) is 11.5 Å². The Hall–Kier alpha value is -2.74. The van der Waals surface area contributed by atoms with Crippen LogP contribution in [-0.2, 0) is 14.8 Å². The van der Waals surface area contributed by atoms with Crippen LogP contribution in [0.5, 0.6) is 11.5 Å². The first kappa shape index (κ1) is 20.6. The number of hydrogen-bond donors (Lipinski definition) is 1. The molecule has 0 unspecified atom stereocenters. The molecule has 7 nitrogen and oxygen atoms in total. The Morgan fingerprint density at radius 2 is 1.59 bits per heavy atom. The van der Waals surface area contributed by atoms with Crippen molar-refractivity contribution in [3.05, 3.63) is 48.5 Å². The molecule has 0 saturated carbocycles. The van der Waals surface area contributed by atoms with Crippen LogP contribution in [0.3, 0.4) is 0 Å². The molecule has 8 heteroatoms. The van der Waals surface area contributed by atoms with Crippen LogP contribution in [0.15, 0.2) is 48.5 Å². The van der Waals surface area contributed by atoms with Gasteiger partial charge >= 0.3 is 0 Å². The van der Waals surface area contributed by atoms with Gasteiger partial charge in [-0.05, 0) is 62.4 Å². The Morgan fingerprint density at radius 1 is 1.04 bits per heavy atom. The minimum Gasteiger partial charge on any atom is -0.497 e. The van der Waals surface area contributed by atoms with Crippen LogP contribution in [0.1, 0.15) is 13.8 Å². The van der Waals surface area contributed by atoms with Gasteiger partial charge in [0.1, 0.15) is 18.0 Å². The van der Waals surface area contributed by atoms with Gasteiger partial charge in [-0.2, -0.15) is 0 Å². The van der Waals surface area contributed by atoms with Gasteiger partial charge in [-0.15, -0.1) is 0 Å². The molecule has 0 bridgehead atoms. The summed E-state index contributed by atoms with van der Waals surface area (Å²) in [5.74, 6) is 0.841. The Labute approximate surface area is 160 Å². The van der Waals surface area contributed by atoms with Gasteiger partial charge in [0.2, 0.25) is 15.9 Å². The number of anilines is 2. The second-order valence-electron chi connectivity index (χ2n) is 6.21. The van der Waals surface area contributed by atoms with Crippen molar-refractivity contribution < 1.29 is 22.7 Å². The lowest BCUT2D eigenvalue weighted by atomic mass is 10.3. The van der Waals surface area contributed by atoms with E-state index in [-0.39, 0.29) is 12.6 Å². The monoisotopic (exact) mass is 392 g/mol. The van der Waals surface area contributed by atoms with E-state index < -0.39 is 15.9 Å². The molecule has 0 aliphatic rings. The number of nitrogens with zero attached hydrogens (tertiary/aromatic N) is 1. The number of carbonyl (C=O) groups is 1. The van der Waals surface area contributed by atoms with Gasteiger partial charge in [0.05, 0.1) is 25.2 Å². The number of nitrogens with one attached hydrogen (secondary N) is 1. The maximum absolute atomic E-state index is 12.4. The molecule has 27 heavy (non-hydrogen) atoms. The van der Waals surface area contributed by atoms with E-state index in [0.29, 0.717) is 22.9 Å². The third-order valence-electron chi connectivity index (χ3n) is 3.56. The second-order valence-corrected chi connectivity index (χ2v) is 8.11. The summed E-state index contributed by atoms with van der Waals surface area (Å²) in [6, 6.07) is 13.3. The fourth-order valence-corrected chi connectivity index (χ4v) is 3.22. The molecule has 0 heterocycles. The SMILES string of the molecule is COc1ccc(N(CC(=O)Nc2ccc(OC(C)C)cc2)S(C)(=O)=O)cc1. The first-order chi connectivity index (χ1) is 12.7. The van der Waals surface area contributed by atoms with Crippen LogP contribution in [0.2, 0.25) is 0 Å². The molecule has 2 rings (SSSR count). The Morgan fingerprint density at radius 3 is 2.07 bits per heavy atom. The van der Waals surface area contributed by atoms with Crippen LogP contribution in [0.4, 0.5) is 11.4 Å². The summed E-state index contributed by atoms with van der Waals surface area (Å²) in [7, 11) is -2.11. The molecule has 1 N–H and O–H groups in total. The summed E-state index contributed by atoms with van der Waals surface area (Å²) < 4.78 is 35.9. The van der Waals surface area contributed by atoms with E-state index in [9.17, 15) is 13.2 Å². The summed E-state index contributed by atoms with van der Waals surface area (Å²) in [6.07, 6.45) is 1.11. The summed E-state index contributed by atoms with van der Waals surface area (Å²) >= 11 is 0. The number of carbonyl (C=O) groups excluding carboxylic acids is 1. The van der Waals surface area contributed by atoms with Crippen molar-refractivity contribution in [1.29, 1.82) is 0 Å². The standard InChI is InChI=1S/C19H24N2O5S/c1-14(2)26-18-9-5-15(6-10-18)20-19(22)13-21(27(4,23)24)16-7-11-17(25-3)12-8-16/h5-12,14H,13H2,1-4H3,(H,20,22). The molecule has 0 aromatic heterocycles. The van der Waals surface area contributed by atoms with Gasteiger partial charge in [-0.3, -0.25) is 9.10 Å². The minimum absolute atomic E-state index is 0.0539. The Kier molecular flexibility index (Phi) is 6.68. The highest BCUT2D eigenvalue weighted by atomic mass is 32.2. The number of methoxy groups -OCH3 is 1. The van der Waals surface area contributed by atoms with Gasteiger partial charge in [0.15, 0.2) is 0 Å². The lowest BCUT2D eigenvalue weighted by Crippen LogP contribution is -2.37. The number of amides is 1. The maximum Gasteiger partial charge on any atom is 0.245 e. The molecule has 0 fully saturated rings. The Bertz CT molecular complexity index is 862. The molecule has 0 atom stereocenters. The van der Waals surface area contributed by atoms with Crippen LogP contribution in [-0.4, -0.2) is 40.3 Å². The predicted octanol–water partition coefficient (Wildman–Crippen LogP) is 2.89. The van der Waals surface area contributed by atoms with E-state index in [0.717, 1.165) is 10.6 Å². The molecule has 146 valence electrons. The zero-order valence-electron chi connectivity index (χ0n) is 15.8. The third kappa shape index (κ3) is 6.18. The van der Waals surface area contributed by atoms with Crippen LogP contribution in [0, 0.1) is 0 Å². The van der Waals surface area contributed by atoms with E-state index in [2.05, 4.69) is 5.32 Å². The Balaban J connectivity index is 2.09. The summed E-state index contributed by atoms with van der Waals surface area (Å²) in [4.78, 5) is 12.4. The molecule has 1 amide bonds. The van der Waals surface area contributed by atoms with Crippen molar-refractivity contribution in [2.24, 2.45) is 0 Å². The molecule has 0 aliphatic heterocycles. The average molecular weight is 392 g/mol. The maximum atomic E-state index is 12.4. The summed E-state index contributed by atoms with van der Waals surface area (Å²) in [5.41, 5.74) is 0.938. The number of sulfonamides is 1. The molecule has 2 aromatic rings. The van der Waals surface area contributed by atoms with E-state index in [1.807, 2.05) is 13.8 Å². The van der Waals surface area contributed by atoms with Crippen molar-refractivity contribution in [1.82, 2.24) is 0 Å². The minimum atomic E-state index is -3.63. The van der Waals surface area contributed by atoms with Gasteiger partial charge in [-0.1, -0.05) is 0 Å². The molecular weight excluding hydrogens is 368 g/mol. The zero-order valence-corrected chi connectivity index (χ0v) is 16.6. The van der Waals surface area contributed by atoms with Crippen LogP contribution >= 0.6 is 0 Å². The molecule has 0 spiro atoms.